The average Bonchev–Trinajstić information content (AvgIpc) is 2.68. The minimum atomic E-state index is -0.479. The summed E-state index contributed by atoms with van der Waals surface area (Å²) >= 11 is 0. The van der Waals surface area contributed by atoms with Crippen LogP contribution in [0.3, 0.4) is 0 Å². The van der Waals surface area contributed by atoms with Crippen LogP contribution in [-0.2, 0) is 10.2 Å². The summed E-state index contributed by atoms with van der Waals surface area (Å²) in [5.41, 5.74) is 0.585. The third kappa shape index (κ3) is 3.57. The summed E-state index contributed by atoms with van der Waals surface area (Å²) in [6, 6.07) is 10.2. The number of carbonyl (C=O) groups is 1. The van der Waals surface area contributed by atoms with E-state index in [1.807, 2.05) is 44.2 Å². The summed E-state index contributed by atoms with van der Waals surface area (Å²) in [6.45, 7) is 5.93. The lowest BCUT2D eigenvalue weighted by atomic mass is 9.83. The quantitative estimate of drug-likeness (QED) is 0.875. The minimum absolute atomic E-state index is 0.118. The lowest BCUT2D eigenvalue weighted by molar-refractivity contribution is -0.126. The van der Waals surface area contributed by atoms with Crippen LogP contribution >= 0.6 is 0 Å². The van der Waals surface area contributed by atoms with Gasteiger partial charge in [0.1, 0.15) is 0 Å². The van der Waals surface area contributed by atoms with Crippen molar-refractivity contribution in [3.63, 3.8) is 0 Å². The van der Waals surface area contributed by atoms with Gasteiger partial charge in [0, 0.05) is 12.6 Å². The summed E-state index contributed by atoms with van der Waals surface area (Å²) < 4.78 is 0. The molecule has 0 bridgehead atoms. The van der Waals surface area contributed by atoms with Gasteiger partial charge in [-0.2, -0.15) is 0 Å². The molecule has 3 nitrogen and oxygen atoms in total. The SMILES string of the molecule is CC(C)(C(=O)NC1CCCCNC1)c1ccccc1. The van der Waals surface area contributed by atoms with E-state index < -0.39 is 5.41 Å². The Balaban J connectivity index is 2.02. The van der Waals surface area contributed by atoms with Crippen molar-refractivity contribution < 1.29 is 4.79 Å². The number of amides is 1. The first kappa shape index (κ1) is 14.1. The molecule has 2 rings (SSSR count). The fourth-order valence-corrected chi connectivity index (χ4v) is 2.49. The standard InChI is InChI=1S/C16H24N2O/c1-16(2,13-8-4-3-5-9-13)15(19)18-14-10-6-7-11-17-12-14/h3-5,8-9,14,17H,6-7,10-12H2,1-2H3,(H,18,19). The Morgan fingerprint density at radius 3 is 2.74 bits per heavy atom. The second kappa shape index (κ2) is 6.20. The fraction of sp³-hybridized carbons (Fsp3) is 0.562. The van der Waals surface area contributed by atoms with Crippen LogP contribution in [0.15, 0.2) is 30.3 Å². The largest absolute Gasteiger partial charge is 0.351 e. The molecule has 1 saturated heterocycles. The number of carbonyl (C=O) groups excluding carboxylic acids is 1. The molecule has 1 aliphatic rings. The van der Waals surface area contributed by atoms with Crippen LogP contribution in [0.1, 0.15) is 38.7 Å². The van der Waals surface area contributed by atoms with Crippen molar-refractivity contribution in [1.82, 2.24) is 10.6 Å². The van der Waals surface area contributed by atoms with E-state index in [1.54, 1.807) is 0 Å². The highest BCUT2D eigenvalue weighted by molar-refractivity contribution is 5.87. The zero-order valence-corrected chi connectivity index (χ0v) is 11.9. The molecule has 1 fully saturated rings. The van der Waals surface area contributed by atoms with Crippen LogP contribution in [0.5, 0.6) is 0 Å². The van der Waals surface area contributed by atoms with Gasteiger partial charge in [-0.05, 0) is 38.8 Å². The van der Waals surface area contributed by atoms with E-state index >= 15 is 0 Å². The van der Waals surface area contributed by atoms with E-state index in [1.165, 1.54) is 12.8 Å². The molecule has 0 saturated carbocycles. The maximum atomic E-state index is 12.5. The third-order valence-corrected chi connectivity index (χ3v) is 3.95. The Morgan fingerprint density at radius 2 is 2.00 bits per heavy atom. The van der Waals surface area contributed by atoms with E-state index in [-0.39, 0.29) is 11.9 Å². The van der Waals surface area contributed by atoms with Gasteiger partial charge in [0.2, 0.25) is 5.91 Å². The van der Waals surface area contributed by atoms with Gasteiger partial charge in [-0.25, -0.2) is 0 Å². The highest BCUT2D eigenvalue weighted by Crippen LogP contribution is 2.23. The Morgan fingerprint density at radius 1 is 1.26 bits per heavy atom. The maximum absolute atomic E-state index is 12.5. The molecule has 0 spiro atoms. The van der Waals surface area contributed by atoms with Gasteiger partial charge in [0.15, 0.2) is 0 Å². The van der Waals surface area contributed by atoms with Crippen LogP contribution < -0.4 is 10.6 Å². The van der Waals surface area contributed by atoms with E-state index in [0.717, 1.165) is 25.1 Å². The molecule has 1 unspecified atom stereocenters. The predicted molar refractivity (Wildman–Crippen MR) is 78.1 cm³/mol. The smallest absolute Gasteiger partial charge is 0.230 e. The first-order valence-corrected chi connectivity index (χ1v) is 7.18. The molecule has 104 valence electrons. The zero-order chi connectivity index (χ0) is 13.7. The van der Waals surface area contributed by atoms with Crippen LogP contribution in [0.25, 0.3) is 0 Å². The molecular weight excluding hydrogens is 236 g/mol. The molecule has 0 radical (unpaired) electrons. The summed E-state index contributed by atoms with van der Waals surface area (Å²) in [7, 11) is 0. The van der Waals surface area contributed by atoms with Crippen molar-refractivity contribution in [2.75, 3.05) is 13.1 Å². The zero-order valence-electron chi connectivity index (χ0n) is 11.9. The first-order valence-electron chi connectivity index (χ1n) is 7.18. The summed E-state index contributed by atoms with van der Waals surface area (Å²) in [4.78, 5) is 12.5. The number of benzene rings is 1. The normalized spacial score (nSPS) is 20.6. The molecule has 1 heterocycles. The highest BCUT2D eigenvalue weighted by atomic mass is 16.2. The number of hydrogen-bond acceptors (Lipinski definition) is 2. The van der Waals surface area contributed by atoms with Crippen LogP contribution in [-0.4, -0.2) is 25.0 Å². The lowest BCUT2D eigenvalue weighted by Crippen LogP contribution is -2.48. The Hall–Kier alpha value is -1.35. The lowest BCUT2D eigenvalue weighted by Gasteiger charge is -2.27. The molecule has 1 atom stereocenters. The Kier molecular flexibility index (Phi) is 4.59. The molecule has 1 aromatic rings. The van der Waals surface area contributed by atoms with Crippen molar-refractivity contribution >= 4 is 5.91 Å². The molecule has 0 aromatic heterocycles. The molecule has 1 aliphatic heterocycles. The van der Waals surface area contributed by atoms with Gasteiger partial charge in [0.05, 0.1) is 5.41 Å². The van der Waals surface area contributed by atoms with E-state index in [2.05, 4.69) is 10.6 Å². The topological polar surface area (TPSA) is 41.1 Å². The average molecular weight is 260 g/mol. The Labute approximate surface area is 115 Å². The fourth-order valence-electron chi connectivity index (χ4n) is 2.49. The molecule has 3 heteroatoms. The van der Waals surface area contributed by atoms with Crippen molar-refractivity contribution in [1.29, 1.82) is 0 Å². The Bertz CT molecular complexity index is 406. The van der Waals surface area contributed by atoms with Crippen LogP contribution in [0, 0.1) is 0 Å². The van der Waals surface area contributed by atoms with Gasteiger partial charge < -0.3 is 10.6 Å². The number of hydrogen-bond donors (Lipinski definition) is 2. The van der Waals surface area contributed by atoms with Crippen molar-refractivity contribution in [3.05, 3.63) is 35.9 Å². The van der Waals surface area contributed by atoms with Gasteiger partial charge in [-0.1, -0.05) is 36.8 Å². The molecular formula is C16H24N2O. The second-order valence-corrected chi connectivity index (χ2v) is 5.86. The van der Waals surface area contributed by atoms with Gasteiger partial charge >= 0.3 is 0 Å². The third-order valence-electron chi connectivity index (χ3n) is 3.95. The summed E-state index contributed by atoms with van der Waals surface area (Å²) in [5, 5.41) is 6.58. The monoisotopic (exact) mass is 260 g/mol. The summed E-state index contributed by atoms with van der Waals surface area (Å²) in [6.07, 6.45) is 3.46. The van der Waals surface area contributed by atoms with Crippen molar-refractivity contribution in [2.24, 2.45) is 0 Å². The van der Waals surface area contributed by atoms with Crippen LogP contribution in [0.2, 0.25) is 0 Å². The number of nitrogens with one attached hydrogen (secondary N) is 2. The number of rotatable bonds is 3. The molecule has 0 aliphatic carbocycles. The first-order chi connectivity index (χ1) is 9.10. The van der Waals surface area contributed by atoms with Gasteiger partial charge in [-0.15, -0.1) is 0 Å². The predicted octanol–water partition coefficient (Wildman–Crippen LogP) is 2.22. The van der Waals surface area contributed by atoms with Crippen LogP contribution in [0.4, 0.5) is 0 Å². The molecule has 19 heavy (non-hydrogen) atoms. The van der Waals surface area contributed by atoms with Crippen molar-refractivity contribution in [3.8, 4) is 0 Å². The molecule has 2 N–H and O–H groups in total. The van der Waals surface area contributed by atoms with Gasteiger partial charge in [0.25, 0.3) is 0 Å². The van der Waals surface area contributed by atoms with E-state index in [4.69, 9.17) is 0 Å². The molecule has 1 amide bonds. The molecule has 1 aromatic carbocycles. The summed E-state index contributed by atoms with van der Waals surface area (Å²) in [5.74, 6) is 0.118. The van der Waals surface area contributed by atoms with Crippen molar-refractivity contribution in [2.45, 2.75) is 44.6 Å². The van der Waals surface area contributed by atoms with E-state index in [9.17, 15) is 4.79 Å². The second-order valence-electron chi connectivity index (χ2n) is 5.86. The van der Waals surface area contributed by atoms with Gasteiger partial charge in [-0.3, -0.25) is 4.79 Å². The highest BCUT2D eigenvalue weighted by Gasteiger charge is 2.31. The maximum Gasteiger partial charge on any atom is 0.230 e. The minimum Gasteiger partial charge on any atom is -0.351 e. The van der Waals surface area contributed by atoms with E-state index in [0.29, 0.717) is 0 Å².